The van der Waals surface area contributed by atoms with Crippen molar-refractivity contribution in [3.63, 3.8) is 0 Å². The van der Waals surface area contributed by atoms with Gasteiger partial charge in [-0.1, -0.05) is 17.7 Å². The minimum absolute atomic E-state index is 0.0389. The molecule has 0 saturated carbocycles. The lowest BCUT2D eigenvalue weighted by atomic mass is 10.1. The number of carbonyl (C=O) groups is 1. The summed E-state index contributed by atoms with van der Waals surface area (Å²) in [6.45, 7) is 1.85. The van der Waals surface area contributed by atoms with Crippen LogP contribution in [0, 0.1) is 17.0 Å². The molecule has 0 radical (unpaired) electrons. The number of nitro groups is 1. The molecule has 4 rings (SSSR count). The molecule has 0 aliphatic rings. The van der Waals surface area contributed by atoms with E-state index in [1.807, 2.05) is 13.0 Å². The van der Waals surface area contributed by atoms with Gasteiger partial charge in [0.05, 0.1) is 4.92 Å². The Morgan fingerprint density at radius 2 is 2.06 bits per heavy atom. The average Bonchev–Trinajstić information content (AvgIpc) is 3.18. The molecule has 2 aromatic heterocycles. The van der Waals surface area contributed by atoms with Crippen LogP contribution in [0.1, 0.15) is 11.1 Å². The second-order valence-electron chi connectivity index (χ2n) is 6.66. The second-order valence-corrected chi connectivity index (χ2v) is 7.07. The van der Waals surface area contributed by atoms with Crippen molar-refractivity contribution in [3.8, 4) is 11.5 Å². The van der Waals surface area contributed by atoms with Gasteiger partial charge >= 0.3 is 0 Å². The number of nitro benzene ring substituents is 1. The summed E-state index contributed by atoms with van der Waals surface area (Å²) < 4.78 is 5.72. The minimum Gasteiger partial charge on any atom is -0.434 e. The summed E-state index contributed by atoms with van der Waals surface area (Å²) in [5, 5.41) is 13.8. The first-order chi connectivity index (χ1) is 14.9. The highest BCUT2D eigenvalue weighted by molar-refractivity contribution is 6.32. The zero-order valence-corrected chi connectivity index (χ0v) is 17.0. The number of anilines is 1. The molecule has 154 valence electrons. The monoisotopic (exact) mass is 434 g/mol. The third-order valence-electron chi connectivity index (χ3n) is 4.49. The molecule has 8 nitrogen and oxygen atoms in total. The van der Waals surface area contributed by atoms with Gasteiger partial charge < -0.3 is 9.73 Å². The zero-order chi connectivity index (χ0) is 22.0. The summed E-state index contributed by atoms with van der Waals surface area (Å²) in [6, 6.07) is 13.3. The number of pyridine rings is 1. The molecule has 0 aliphatic heterocycles. The van der Waals surface area contributed by atoms with Gasteiger partial charge in [0.2, 0.25) is 11.8 Å². The Hall–Kier alpha value is -4.04. The highest BCUT2D eigenvalue weighted by Gasteiger charge is 2.13. The number of oxazole rings is 1. The Bertz CT molecular complexity index is 1310. The molecular weight excluding hydrogens is 420 g/mol. The van der Waals surface area contributed by atoms with E-state index >= 15 is 0 Å². The predicted octanol–water partition coefficient (Wildman–Crippen LogP) is 5.41. The first-order valence-electron chi connectivity index (χ1n) is 9.16. The maximum absolute atomic E-state index is 12.3. The average molecular weight is 435 g/mol. The van der Waals surface area contributed by atoms with Crippen LogP contribution in [-0.2, 0) is 4.79 Å². The van der Waals surface area contributed by atoms with Gasteiger partial charge in [0, 0.05) is 29.6 Å². The highest BCUT2D eigenvalue weighted by Crippen LogP contribution is 2.27. The van der Waals surface area contributed by atoms with E-state index in [1.54, 1.807) is 36.5 Å². The van der Waals surface area contributed by atoms with E-state index in [4.69, 9.17) is 16.0 Å². The SMILES string of the molecule is Cc1cc(-c2nc3ncccc3o2)ccc1NC(=O)/C=C/c1ccc(Cl)c([N+](=O)[O-])c1. The number of rotatable bonds is 5. The number of carbonyl (C=O) groups excluding carboxylic acids is 1. The molecule has 2 aromatic carbocycles. The number of nitrogens with one attached hydrogen (secondary N) is 1. The van der Waals surface area contributed by atoms with Crippen molar-refractivity contribution in [1.29, 1.82) is 0 Å². The maximum Gasteiger partial charge on any atom is 0.288 e. The fraction of sp³-hybridized carbons (Fsp3) is 0.0455. The largest absolute Gasteiger partial charge is 0.434 e. The van der Waals surface area contributed by atoms with Crippen molar-refractivity contribution >= 4 is 46.2 Å². The van der Waals surface area contributed by atoms with E-state index in [9.17, 15) is 14.9 Å². The number of hydrogen-bond donors (Lipinski definition) is 1. The van der Waals surface area contributed by atoms with Gasteiger partial charge in [-0.25, -0.2) is 4.98 Å². The van der Waals surface area contributed by atoms with Crippen LogP contribution in [-0.4, -0.2) is 20.8 Å². The number of aryl methyl sites for hydroxylation is 1. The highest BCUT2D eigenvalue weighted by atomic mass is 35.5. The third kappa shape index (κ3) is 4.44. The lowest BCUT2D eigenvalue weighted by Gasteiger charge is -2.07. The van der Waals surface area contributed by atoms with Crippen LogP contribution < -0.4 is 5.32 Å². The number of aromatic nitrogens is 2. The Kier molecular flexibility index (Phi) is 5.46. The summed E-state index contributed by atoms with van der Waals surface area (Å²) in [5.74, 6) is 0.0680. The van der Waals surface area contributed by atoms with Crippen molar-refractivity contribution in [2.24, 2.45) is 0 Å². The molecule has 1 N–H and O–H groups in total. The van der Waals surface area contributed by atoms with Crippen molar-refractivity contribution < 1.29 is 14.1 Å². The Morgan fingerprint density at radius 1 is 1.23 bits per heavy atom. The van der Waals surface area contributed by atoms with Gasteiger partial charge in [0.25, 0.3) is 5.69 Å². The topological polar surface area (TPSA) is 111 Å². The summed E-state index contributed by atoms with van der Waals surface area (Å²) >= 11 is 5.80. The smallest absolute Gasteiger partial charge is 0.288 e. The lowest BCUT2D eigenvalue weighted by Crippen LogP contribution is -2.08. The molecule has 2 heterocycles. The molecule has 0 aliphatic carbocycles. The van der Waals surface area contributed by atoms with Crippen LogP contribution in [0.4, 0.5) is 11.4 Å². The van der Waals surface area contributed by atoms with E-state index < -0.39 is 4.92 Å². The Morgan fingerprint density at radius 3 is 2.81 bits per heavy atom. The first-order valence-corrected chi connectivity index (χ1v) is 9.54. The quantitative estimate of drug-likeness (QED) is 0.255. The van der Waals surface area contributed by atoms with E-state index in [2.05, 4.69) is 15.3 Å². The van der Waals surface area contributed by atoms with Crippen LogP contribution in [0.2, 0.25) is 5.02 Å². The molecule has 0 fully saturated rings. The van der Waals surface area contributed by atoms with Gasteiger partial charge in [-0.15, -0.1) is 0 Å². The molecule has 4 aromatic rings. The van der Waals surface area contributed by atoms with Gasteiger partial charge in [-0.05, 0) is 60.5 Å². The van der Waals surface area contributed by atoms with Gasteiger partial charge in [-0.3, -0.25) is 14.9 Å². The Labute approximate surface area is 181 Å². The Balaban J connectivity index is 1.49. The summed E-state index contributed by atoms with van der Waals surface area (Å²) in [5.41, 5.74) is 3.59. The zero-order valence-electron chi connectivity index (χ0n) is 16.2. The normalized spacial score (nSPS) is 11.2. The number of amides is 1. The van der Waals surface area contributed by atoms with E-state index in [-0.39, 0.29) is 16.6 Å². The fourth-order valence-electron chi connectivity index (χ4n) is 2.95. The van der Waals surface area contributed by atoms with Crippen molar-refractivity contribution in [3.05, 3.63) is 87.1 Å². The van der Waals surface area contributed by atoms with Gasteiger partial charge in [0.1, 0.15) is 5.02 Å². The summed E-state index contributed by atoms with van der Waals surface area (Å²) in [4.78, 5) is 31.2. The molecule has 0 spiro atoms. The molecule has 0 bridgehead atoms. The molecule has 31 heavy (non-hydrogen) atoms. The molecular formula is C22H15ClN4O4. The number of halogens is 1. The lowest BCUT2D eigenvalue weighted by molar-refractivity contribution is -0.384. The van der Waals surface area contributed by atoms with Crippen molar-refractivity contribution in [1.82, 2.24) is 9.97 Å². The number of benzene rings is 2. The predicted molar refractivity (Wildman–Crippen MR) is 118 cm³/mol. The standard InChI is InChI=1S/C22H15ClN4O4/c1-13-11-15(22-26-21-19(31-22)3-2-10-24-21)6-8-17(13)25-20(28)9-5-14-4-7-16(23)18(12-14)27(29)30/h2-12H,1H3,(H,25,28)/b9-5+. The van der Waals surface area contributed by atoms with E-state index in [0.29, 0.717) is 28.4 Å². The van der Waals surface area contributed by atoms with E-state index in [1.165, 1.54) is 24.3 Å². The molecule has 0 unspecified atom stereocenters. The second kappa shape index (κ2) is 8.37. The fourth-order valence-corrected chi connectivity index (χ4v) is 3.14. The maximum atomic E-state index is 12.3. The number of nitrogens with zero attached hydrogens (tertiary/aromatic N) is 3. The van der Waals surface area contributed by atoms with Crippen LogP contribution in [0.5, 0.6) is 0 Å². The molecule has 9 heteroatoms. The molecule has 0 saturated heterocycles. The first kappa shape index (κ1) is 20.2. The van der Waals surface area contributed by atoms with Crippen LogP contribution in [0.25, 0.3) is 28.8 Å². The van der Waals surface area contributed by atoms with Gasteiger partial charge in [0.15, 0.2) is 11.2 Å². The van der Waals surface area contributed by atoms with Crippen LogP contribution >= 0.6 is 11.6 Å². The molecule has 1 amide bonds. The summed E-state index contributed by atoms with van der Waals surface area (Å²) in [7, 11) is 0. The van der Waals surface area contributed by atoms with Crippen molar-refractivity contribution in [2.75, 3.05) is 5.32 Å². The van der Waals surface area contributed by atoms with Crippen LogP contribution in [0.3, 0.4) is 0 Å². The van der Waals surface area contributed by atoms with Gasteiger partial charge in [-0.2, -0.15) is 4.98 Å². The van der Waals surface area contributed by atoms with Crippen molar-refractivity contribution in [2.45, 2.75) is 6.92 Å². The number of hydrogen-bond acceptors (Lipinski definition) is 6. The number of fused-ring (bicyclic) bond motifs is 1. The van der Waals surface area contributed by atoms with E-state index in [0.717, 1.165) is 11.1 Å². The third-order valence-corrected chi connectivity index (χ3v) is 4.81. The van der Waals surface area contributed by atoms with Crippen LogP contribution in [0.15, 0.2) is 65.2 Å². The molecule has 0 atom stereocenters. The summed E-state index contributed by atoms with van der Waals surface area (Å²) in [6.07, 6.45) is 4.43. The minimum atomic E-state index is -0.572.